The quantitative estimate of drug-likeness (QED) is 0.133. The number of nitrogens with zero attached hydrogens (tertiary/aromatic N) is 4. The van der Waals surface area contributed by atoms with Crippen molar-refractivity contribution in [3.8, 4) is 5.75 Å². The molecule has 36 heavy (non-hydrogen) atoms. The topological polar surface area (TPSA) is 99.6 Å². The van der Waals surface area contributed by atoms with Crippen LogP contribution in [0.25, 0.3) is 10.9 Å². The van der Waals surface area contributed by atoms with E-state index in [0.29, 0.717) is 32.3 Å². The van der Waals surface area contributed by atoms with Crippen molar-refractivity contribution < 1.29 is 14.1 Å². The molecule has 4 aromatic rings. The van der Waals surface area contributed by atoms with Gasteiger partial charge in [-0.05, 0) is 57.9 Å². The van der Waals surface area contributed by atoms with Gasteiger partial charge < -0.3 is 4.74 Å². The Kier molecular flexibility index (Phi) is 7.60. The third kappa shape index (κ3) is 5.52. The van der Waals surface area contributed by atoms with Crippen LogP contribution in [-0.4, -0.2) is 20.8 Å². The van der Waals surface area contributed by atoms with Gasteiger partial charge in [-0.3, -0.25) is 14.9 Å². The molecule has 0 atom stereocenters. The van der Waals surface area contributed by atoms with Crippen molar-refractivity contribution >= 4 is 54.7 Å². The lowest BCUT2D eigenvalue weighted by Gasteiger charge is -2.12. The zero-order chi connectivity index (χ0) is 26.0. The fourth-order valence-electron chi connectivity index (χ4n) is 3.51. The van der Waals surface area contributed by atoms with Gasteiger partial charge in [0.25, 0.3) is 5.56 Å². The average Bonchev–Trinajstić information content (AvgIpc) is 2.82. The van der Waals surface area contributed by atoms with Crippen molar-refractivity contribution in [2.45, 2.75) is 26.4 Å². The molecule has 11 heteroatoms. The van der Waals surface area contributed by atoms with Crippen LogP contribution in [0.2, 0.25) is 0 Å². The Balaban J connectivity index is 1.72. The summed E-state index contributed by atoms with van der Waals surface area (Å²) in [4.78, 5) is 29.0. The Hall–Kier alpha value is -3.44. The van der Waals surface area contributed by atoms with Gasteiger partial charge in [0, 0.05) is 22.0 Å². The maximum atomic E-state index is 13.5. The van der Waals surface area contributed by atoms with E-state index in [4.69, 9.17) is 4.74 Å². The minimum Gasteiger partial charge on any atom is -0.481 e. The average molecular weight is 618 g/mol. The van der Waals surface area contributed by atoms with Gasteiger partial charge in [0.05, 0.1) is 26.5 Å². The molecule has 0 aliphatic rings. The van der Waals surface area contributed by atoms with E-state index in [2.05, 4.69) is 41.9 Å². The molecule has 0 aliphatic heterocycles. The number of benzene rings is 3. The summed E-state index contributed by atoms with van der Waals surface area (Å²) in [5, 5.41) is 16.5. The van der Waals surface area contributed by atoms with Crippen molar-refractivity contribution in [2.24, 2.45) is 5.10 Å². The molecule has 0 radical (unpaired) electrons. The number of hydrogen-bond acceptors (Lipinski definition) is 6. The monoisotopic (exact) mass is 616 g/mol. The molecule has 0 saturated heterocycles. The molecule has 0 aliphatic carbocycles. The predicted octanol–water partition coefficient (Wildman–Crippen LogP) is 6.55. The molecule has 1 aromatic heterocycles. The highest BCUT2D eigenvalue weighted by Gasteiger charge is 2.21. The van der Waals surface area contributed by atoms with Gasteiger partial charge in [0.15, 0.2) is 0 Å². The molecule has 0 bridgehead atoms. The minimum atomic E-state index is -0.580. The first-order chi connectivity index (χ1) is 17.1. The highest BCUT2D eigenvalue weighted by Crippen LogP contribution is 2.36. The molecule has 8 nitrogen and oxygen atoms in total. The van der Waals surface area contributed by atoms with Gasteiger partial charge in [-0.1, -0.05) is 41.9 Å². The van der Waals surface area contributed by atoms with E-state index in [-0.39, 0.29) is 29.5 Å². The number of aromatic nitrogens is 2. The van der Waals surface area contributed by atoms with Crippen LogP contribution in [0.1, 0.15) is 36.7 Å². The number of nitro groups is 1. The third-order valence-electron chi connectivity index (χ3n) is 5.19. The standard InChI is InChI=1S/C25H19Br2FN4O4/c1-14(2)24-30-21-7-6-17(26)11-19(21)25(33)31(24)29-12-16-9-20(27)23(22(10-16)32(34)35)36-13-15-4-3-5-18(28)8-15/h3-12,14H,13H2,1-2H3. The molecular formula is C25H19Br2FN4O4. The molecule has 0 N–H and O–H groups in total. The summed E-state index contributed by atoms with van der Waals surface area (Å²) in [6.45, 7) is 3.73. The predicted molar refractivity (Wildman–Crippen MR) is 142 cm³/mol. The van der Waals surface area contributed by atoms with Crippen LogP contribution in [0, 0.1) is 15.9 Å². The van der Waals surface area contributed by atoms with Crippen molar-refractivity contribution in [1.82, 2.24) is 9.66 Å². The second-order valence-corrected chi connectivity index (χ2v) is 9.94. The number of ether oxygens (including phenoxy) is 1. The van der Waals surface area contributed by atoms with Crippen LogP contribution in [0.15, 0.2) is 73.4 Å². The fourth-order valence-corrected chi connectivity index (χ4v) is 4.45. The summed E-state index contributed by atoms with van der Waals surface area (Å²) in [6.07, 6.45) is 1.35. The van der Waals surface area contributed by atoms with E-state index >= 15 is 0 Å². The van der Waals surface area contributed by atoms with Crippen LogP contribution in [-0.2, 0) is 6.61 Å². The number of halogens is 3. The molecule has 0 unspecified atom stereocenters. The Morgan fingerprint density at radius 1 is 1.19 bits per heavy atom. The summed E-state index contributed by atoms with van der Waals surface area (Å²) in [6, 6.07) is 13.9. The van der Waals surface area contributed by atoms with Gasteiger partial charge in [-0.25, -0.2) is 9.37 Å². The maximum absolute atomic E-state index is 13.5. The molecule has 0 fully saturated rings. The Bertz CT molecular complexity index is 1570. The Labute approximate surface area is 221 Å². The van der Waals surface area contributed by atoms with Crippen molar-refractivity contribution in [3.05, 3.63) is 107 Å². The smallest absolute Gasteiger partial charge is 0.312 e. The molecule has 4 rings (SSSR count). The molecule has 0 saturated carbocycles. The van der Waals surface area contributed by atoms with Gasteiger partial charge in [0.2, 0.25) is 5.75 Å². The van der Waals surface area contributed by atoms with E-state index in [1.165, 1.54) is 35.2 Å². The lowest BCUT2D eigenvalue weighted by molar-refractivity contribution is -0.386. The zero-order valence-electron chi connectivity index (χ0n) is 19.1. The van der Waals surface area contributed by atoms with E-state index in [0.717, 1.165) is 4.47 Å². The highest BCUT2D eigenvalue weighted by molar-refractivity contribution is 9.10. The zero-order valence-corrected chi connectivity index (χ0v) is 22.3. The van der Waals surface area contributed by atoms with E-state index in [9.17, 15) is 19.3 Å². The van der Waals surface area contributed by atoms with Crippen molar-refractivity contribution in [2.75, 3.05) is 0 Å². The number of nitro benzene ring substituents is 1. The largest absolute Gasteiger partial charge is 0.481 e. The van der Waals surface area contributed by atoms with E-state index in [1.807, 2.05) is 13.8 Å². The number of hydrogen-bond donors (Lipinski definition) is 0. The lowest BCUT2D eigenvalue weighted by Crippen LogP contribution is -2.23. The normalized spacial score (nSPS) is 11.5. The first-order valence-corrected chi connectivity index (χ1v) is 12.3. The minimum absolute atomic E-state index is 0.00123. The van der Waals surface area contributed by atoms with Crippen LogP contribution < -0.4 is 10.3 Å². The third-order valence-corrected chi connectivity index (χ3v) is 6.27. The van der Waals surface area contributed by atoms with Crippen LogP contribution in [0.3, 0.4) is 0 Å². The summed E-state index contributed by atoms with van der Waals surface area (Å²) in [5.41, 5.74) is 0.779. The fraction of sp³-hybridized carbons (Fsp3) is 0.160. The van der Waals surface area contributed by atoms with E-state index < -0.39 is 10.7 Å². The molecule has 3 aromatic carbocycles. The Morgan fingerprint density at radius 2 is 1.97 bits per heavy atom. The summed E-state index contributed by atoms with van der Waals surface area (Å²) in [5.74, 6) is -0.0845. The van der Waals surface area contributed by atoms with Gasteiger partial charge >= 0.3 is 5.69 Å². The van der Waals surface area contributed by atoms with E-state index in [1.54, 1.807) is 30.3 Å². The maximum Gasteiger partial charge on any atom is 0.312 e. The second-order valence-electron chi connectivity index (χ2n) is 8.17. The number of fused-ring (bicyclic) bond motifs is 1. The molecule has 184 valence electrons. The SMILES string of the molecule is CC(C)c1nc2ccc(Br)cc2c(=O)n1N=Cc1cc(Br)c(OCc2cccc(F)c2)c([N+](=O)[O-])c1. The van der Waals surface area contributed by atoms with Crippen LogP contribution in [0.4, 0.5) is 10.1 Å². The van der Waals surface area contributed by atoms with Gasteiger partial charge in [-0.15, -0.1) is 0 Å². The van der Waals surface area contributed by atoms with Crippen molar-refractivity contribution in [3.63, 3.8) is 0 Å². The van der Waals surface area contributed by atoms with Crippen molar-refractivity contribution in [1.29, 1.82) is 0 Å². The van der Waals surface area contributed by atoms with Gasteiger partial charge in [-0.2, -0.15) is 9.78 Å². The summed E-state index contributed by atoms with van der Waals surface area (Å²) < 4.78 is 21.3. The second kappa shape index (κ2) is 10.7. The molecule has 0 amide bonds. The van der Waals surface area contributed by atoms with Gasteiger partial charge in [0.1, 0.15) is 18.2 Å². The molecule has 1 heterocycles. The highest BCUT2D eigenvalue weighted by atomic mass is 79.9. The summed E-state index contributed by atoms with van der Waals surface area (Å²) in [7, 11) is 0. The summed E-state index contributed by atoms with van der Waals surface area (Å²) >= 11 is 6.69. The number of rotatable bonds is 7. The lowest BCUT2D eigenvalue weighted by atomic mass is 10.2. The molecular weight excluding hydrogens is 599 g/mol. The molecule has 0 spiro atoms. The van der Waals surface area contributed by atoms with Crippen LogP contribution in [0.5, 0.6) is 5.75 Å². The first kappa shape index (κ1) is 25.6. The Morgan fingerprint density at radius 3 is 2.67 bits per heavy atom. The first-order valence-electron chi connectivity index (χ1n) is 10.8. The van der Waals surface area contributed by atoms with Crippen LogP contribution >= 0.6 is 31.9 Å².